The van der Waals surface area contributed by atoms with E-state index in [1.165, 1.54) is 0 Å². The molecule has 0 bridgehead atoms. The predicted octanol–water partition coefficient (Wildman–Crippen LogP) is 6.65. The molecule has 33 heavy (non-hydrogen) atoms. The lowest BCUT2D eigenvalue weighted by molar-refractivity contribution is -0.159. The minimum Gasteiger partial charge on any atom is -0.491 e. The van der Waals surface area contributed by atoms with Crippen molar-refractivity contribution in [3.63, 3.8) is 0 Å². The smallest absolute Gasteiger partial charge is 0.312 e. The highest BCUT2D eigenvalue weighted by Gasteiger charge is 2.42. The fourth-order valence-electron chi connectivity index (χ4n) is 3.90. The molecular formula is C27H33IO5. The van der Waals surface area contributed by atoms with Crippen LogP contribution in [-0.4, -0.2) is 34.3 Å². The van der Waals surface area contributed by atoms with E-state index < -0.39 is 11.5 Å². The highest BCUT2D eigenvalue weighted by atomic mass is 127. The van der Waals surface area contributed by atoms with Crippen molar-refractivity contribution in [2.75, 3.05) is 13.2 Å². The highest BCUT2D eigenvalue weighted by molar-refractivity contribution is 14.1. The third kappa shape index (κ3) is 6.73. The zero-order valence-electron chi connectivity index (χ0n) is 19.9. The molecule has 3 rings (SSSR count). The number of carbonyl (C=O) groups is 1. The lowest BCUT2D eigenvalue weighted by Gasteiger charge is -2.36. The average Bonchev–Trinajstić information content (AvgIpc) is 3.18. The summed E-state index contributed by atoms with van der Waals surface area (Å²) >= 11 is 2.27. The normalized spacial score (nSPS) is 15.6. The number of aliphatic hydroxyl groups excluding tert-OH is 1. The number of hydrogen-bond acceptors (Lipinski definition) is 5. The van der Waals surface area contributed by atoms with Crippen molar-refractivity contribution in [1.29, 1.82) is 0 Å². The van der Waals surface area contributed by atoms with Crippen LogP contribution in [0.25, 0.3) is 22.3 Å². The van der Waals surface area contributed by atoms with E-state index in [1.807, 2.05) is 62.4 Å². The van der Waals surface area contributed by atoms with Gasteiger partial charge in [-0.15, -0.1) is 0 Å². The van der Waals surface area contributed by atoms with Crippen LogP contribution in [0.3, 0.4) is 0 Å². The molecule has 3 aromatic rings. The molecule has 5 nitrogen and oxygen atoms in total. The summed E-state index contributed by atoms with van der Waals surface area (Å²) in [4.78, 5) is 12.8. The third-order valence-corrected chi connectivity index (χ3v) is 7.02. The number of aliphatic hydroxyl groups is 1. The number of ether oxygens (including phenoxy) is 2. The monoisotopic (exact) mass is 564 g/mol. The molecule has 1 N–H and O–H groups in total. The van der Waals surface area contributed by atoms with Crippen molar-refractivity contribution in [2.24, 2.45) is 10.8 Å². The molecular weight excluding hydrogens is 531 g/mol. The van der Waals surface area contributed by atoms with E-state index in [4.69, 9.17) is 13.9 Å². The fourth-order valence-corrected chi connectivity index (χ4v) is 4.37. The first kappa shape index (κ1) is 25.6. The zero-order valence-corrected chi connectivity index (χ0v) is 22.1. The van der Waals surface area contributed by atoms with Crippen molar-refractivity contribution < 1.29 is 23.8 Å². The van der Waals surface area contributed by atoms with Crippen molar-refractivity contribution >= 4 is 39.5 Å². The van der Waals surface area contributed by atoms with Gasteiger partial charge in [0.25, 0.3) is 0 Å². The van der Waals surface area contributed by atoms with Crippen LogP contribution in [0.1, 0.15) is 41.0 Å². The molecule has 3 unspecified atom stereocenters. The third-order valence-electron chi connectivity index (χ3n) is 5.64. The molecule has 0 amide bonds. The Kier molecular flexibility index (Phi) is 8.11. The largest absolute Gasteiger partial charge is 0.491 e. The standard InChI is InChI=1S/C27H33IO5/c1-18(28)27(5,17-26(2,3)4)25(30)32-16-21(29)15-31-22-12-11-20-13-23(33-24(20)14-22)19-9-7-6-8-10-19/h6-14,18,21,29H,15-17H2,1-5H3. The Bertz CT molecular complexity index is 1070. The lowest BCUT2D eigenvalue weighted by Crippen LogP contribution is -2.41. The van der Waals surface area contributed by atoms with Crippen LogP contribution >= 0.6 is 22.6 Å². The molecule has 178 valence electrons. The van der Waals surface area contributed by atoms with E-state index in [0.29, 0.717) is 17.8 Å². The van der Waals surface area contributed by atoms with Gasteiger partial charge in [0.1, 0.15) is 36.4 Å². The van der Waals surface area contributed by atoms with E-state index in [9.17, 15) is 9.90 Å². The highest BCUT2D eigenvalue weighted by Crippen LogP contribution is 2.40. The van der Waals surface area contributed by atoms with Crippen molar-refractivity contribution in [3.8, 4) is 17.1 Å². The van der Waals surface area contributed by atoms with Crippen LogP contribution < -0.4 is 4.74 Å². The second kappa shape index (κ2) is 10.5. The van der Waals surface area contributed by atoms with Crippen molar-refractivity contribution in [3.05, 3.63) is 54.6 Å². The first-order chi connectivity index (χ1) is 15.5. The maximum Gasteiger partial charge on any atom is 0.312 e. The summed E-state index contributed by atoms with van der Waals surface area (Å²) in [7, 11) is 0. The molecule has 3 atom stereocenters. The van der Waals surface area contributed by atoms with Gasteiger partial charge < -0.3 is 19.0 Å². The molecule has 1 aromatic heterocycles. The number of halogens is 1. The maximum atomic E-state index is 12.8. The van der Waals surface area contributed by atoms with Gasteiger partial charge in [0.15, 0.2) is 0 Å². The number of rotatable bonds is 9. The summed E-state index contributed by atoms with van der Waals surface area (Å²) in [6.45, 7) is 10.2. The number of carbonyl (C=O) groups excluding carboxylic acids is 1. The number of hydrogen-bond donors (Lipinski definition) is 1. The molecule has 0 saturated carbocycles. The predicted molar refractivity (Wildman–Crippen MR) is 140 cm³/mol. The second-order valence-electron chi connectivity index (χ2n) is 10.0. The van der Waals surface area contributed by atoms with Crippen LogP contribution in [0.5, 0.6) is 5.75 Å². The lowest BCUT2D eigenvalue weighted by atomic mass is 9.73. The molecule has 0 fully saturated rings. The molecule has 6 heteroatoms. The average molecular weight is 564 g/mol. The summed E-state index contributed by atoms with van der Waals surface area (Å²) in [6.07, 6.45) is -0.228. The molecule has 0 aliphatic heterocycles. The molecule has 0 saturated heterocycles. The van der Waals surface area contributed by atoms with Gasteiger partial charge in [0, 0.05) is 20.9 Å². The van der Waals surface area contributed by atoms with Crippen LogP contribution in [0.15, 0.2) is 59.0 Å². The van der Waals surface area contributed by atoms with E-state index in [1.54, 1.807) is 6.07 Å². The van der Waals surface area contributed by atoms with E-state index >= 15 is 0 Å². The minimum absolute atomic E-state index is 0.0141. The maximum absolute atomic E-state index is 12.8. The van der Waals surface area contributed by atoms with Crippen LogP contribution in [0.2, 0.25) is 0 Å². The number of alkyl halides is 1. The molecule has 0 radical (unpaired) electrons. The first-order valence-corrected chi connectivity index (χ1v) is 12.4. The van der Waals surface area contributed by atoms with Gasteiger partial charge in [-0.2, -0.15) is 0 Å². The van der Waals surface area contributed by atoms with Crippen molar-refractivity contribution in [2.45, 2.75) is 51.1 Å². The quantitative estimate of drug-likeness (QED) is 0.179. The Morgan fingerprint density at radius 2 is 1.76 bits per heavy atom. The van der Waals surface area contributed by atoms with Crippen LogP contribution in [0, 0.1) is 10.8 Å². The second-order valence-corrected chi connectivity index (χ2v) is 11.9. The summed E-state index contributed by atoms with van der Waals surface area (Å²) in [6, 6.07) is 17.5. The van der Waals surface area contributed by atoms with Crippen LogP contribution in [-0.2, 0) is 9.53 Å². The zero-order chi connectivity index (χ0) is 24.2. The summed E-state index contributed by atoms with van der Waals surface area (Å²) < 4.78 is 17.3. The Hall–Kier alpha value is -2.06. The number of benzene rings is 2. The Balaban J connectivity index is 1.57. The molecule has 0 spiro atoms. The van der Waals surface area contributed by atoms with Gasteiger partial charge >= 0.3 is 5.97 Å². The van der Waals surface area contributed by atoms with Gasteiger partial charge in [-0.05, 0) is 37.0 Å². The van der Waals surface area contributed by atoms with Crippen molar-refractivity contribution in [1.82, 2.24) is 0 Å². The Morgan fingerprint density at radius 3 is 2.39 bits per heavy atom. The molecule has 0 aliphatic rings. The van der Waals surface area contributed by atoms with Gasteiger partial charge in [0.2, 0.25) is 0 Å². The molecule has 0 aliphatic carbocycles. The Morgan fingerprint density at radius 1 is 1.06 bits per heavy atom. The van der Waals surface area contributed by atoms with Crippen LogP contribution in [0.4, 0.5) is 0 Å². The van der Waals surface area contributed by atoms with Gasteiger partial charge in [-0.25, -0.2) is 0 Å². The van der Waals surface area contributed by atoms with E-state index in [-0.39, 0.29) is 28.5 Å². The SMILES string of the molecule is CC(I)C(C)(CC(C)(C)C)C(=O)OCC(O)COc1ccc2cc(-c3ccccc3)oc2c1. The molecule has 1 heterocycles. The topological polar surface area (TPSA) is 68.9 Å². The summed E-state index contributed by atoms with van der Waals surface area (Å²) in [5.41, 5.74) is 1.08. The van der Waals surface area contributed by atoms with E-state index in [2.05, 4.69) is 43.4 Å². The fraction of sp³-hybridized carbons (Fsp3) is 0.444. The summed E-state index contributed by atoms with van der Waals surface area (Å²) in [5, 5.41) is 11.3. The Labute approximate surface area is 209 Å². The number of fused-ring (bicyclic) bond motifs is 1. The molecule has 2 aromatic carbocycles. The number of furan rings is 1. The minimum atomic E-state index is -0.926. The summed E-state index contributed by atoms with van der Waals surface area (Å²) in [5.74, 6) is 1.08. The van der Waals surface area contributed by atoms with Gasteiger partial charge in [-0.1, -0.05) is 80.6 Å². The van der Waals surface area contributed by atoms with E-state index in [0.717, 1.165) is 16.7 Å². The first-order valence-electron chi connectivity index (χ1n) is 11.2. The van der Waals surface area contributed by atoms with Gasteiger partial charge in [-0.3, -0.25) is 4.79 Å². The van der Waals surface area contributed by atoms with Gasteiger partial charge in [0.05, 0.1) is 5.41 Å². The number of esters is 1.